The van der Waals surface area contributed by atoms with Crippen molar-refractivity contribution in [1.29, 1.82) is 0 Å². The van der Waals surface area contributed by atoms with Crippen molar-refractivity contribution in [1.82, 2.24) is 5.32 Å². The second-order valence-corrected chi connectivity index (χ2v) is 24.6. The summed E-state index contributed by atoms with van der Waals surface area (Å²) in [6.45, 7) is 4.11. The number of rotatable bonds is 62. The molecule has 1 saturated heterocycles. The Balaban J connectivity index is 1.92. The van der Waals surface area contributed by atoms with E-state index in [-0.39, 0.29) is 18.5 Å². The number of unbranched alkanes of at least 4 members (excludes halogenated alkanes) is 41. The van der Waals surface area contributed by atoms with Gasteiger partial charge in [0.25, 0.3) is 0 Å². The number of allylic oxidation sites excluding steroid dienone is 9. The Bertz CT molecular complexity index is 1580. The van der Waals surface area contributed by atoms with E-state index in [2.05, 4.69) is 54.8 Å². The molecule has 0 radical (unpaired) electrons. The topological polar surface area (TPSA) is 175 Å². The highest BCUT2D eigenvalue weighted by molar-refractivity contribution is 5.76. The van der Waals surface area contributed by atoms with E-state index in [1.165, 1.54) is 231 Å². The van der Waals surface area contributed by atoms with Crippen LogP contribution in [0, 0.1) is 0 Å². The molecule has 0 aromatic rings. The summed E-state index contributed by atoms with van der Waals surface area (Å²) in [6, 6.07) is -0.835. The molecule has 1 heterocycles. The molecule has 490 valence electrons. The summed E-state index contributed by atoms with van der Waals surface area (Å²) < 4.78 is 16.7. The van der Waals surface area contributed by atoms with E-state index in [1.807, 2.05) is 19.1 Å². The number of amides is 1. The van der Waals surface area contributed by atoms with Crippen LogP contribution >= 0.6 is 0 Å². The number of ether oxygens (including phenoxy) is 3. The van der Waals surface area contributed by atoms with Crippen molar-refractivity contribution in [3.63, 3.8) is 0 Å². The van der Waals surface area contributed by atoms with Crippen LogP contribution in [0.15, 0.2) is 60.8 Å². The fourth-order valence-electron chi connectivity index (χ4n) is 11.1. The molecule has 0 bridgehead atoms. The third-order valence-corrected chi connectivity index (χ3v) is 16.7. The van der Waals surface area contributed by atoms with E-state index < -0.39 is 49.5 Å². The first-order valence-electron chi connectivity index (χ1n) is 35.5. The second-order valence-electron chi connectivity index (χ2n) is 24.6. The zero-order valence-corrected chi connectivity index (χ0v) is 54.4. The normalized spacial score (nSPS) is 18.4. The van der Waals surface area contributed by atoms with Crippen molar-refractivity contribution >= 4 is 11.9 Å². The molecule has 0 spiro atoms. The van der Waals surface area contributed by atoms with Gasteiger partial charge in [0.15, 0.2) is 6.29 Å². The smallest absolute Gasteiger partial charge is 0.305 e. The molecule has 0 aliphatic carbocycles. The van der Waals surface area contributed by atoms with Crippen LogP contribution in [0.4, 0.5) is 0 Å². The van der Waals surface area contributed by atoms with Gasteiger partial charge in [0, 0.05) is 12.8 Å². The maximum atomic E-state index is 13.0. The molecule has 0 aromatic heterocycles. The zero-order valence-electron chi connectivity index (χ0n) is 54.4. The summed E-state index contributed by atoms with van der Waals surface area (Å²) in [4.78, 5) is 25.1. The van der Waals surface area contributed by atoms with Crippen molar-refractivity contribution in [3.8, 4) is 0 Å². The first-order valence-corrected chi connectivity index (χ1v) is 35.5. The molecule has 7 unspecified atom stereocenters. The van der Waals surface area contributed by atoms with Gasteiger partial charge >= 0.3 is 5.97 Å². The van der Waals surface area contributed by atoms with Gasteiger partial charge in [-0.05, 0) is 84.0 Å². The van der Waals surface area contributed by atoms with Gasteiger partial charge in [0.05, 0.1) is 32.0 Å². The number of aliphatic hydroxyl groups is 5. The SMILES string of the molecule is C/C=C/CC/C=C/CC/C=C/C(O)C(COC1OC(CO)C(O)C(O)C1O)NC(=O)CCCCCCCCCCCCCCC/C=C\C/C=C\CCCCCCCCCCCOC(=O)CCCCCCCCCCCCCCCCCCCC. The molecular formula is C73H133NO10. The van der Waals surface area contributed by atoms with Crippen molar-refractivity contribution in [3.05, 3.63) is 60.8 Å². The number of hydrogen-bond donors (Lipinski definition) is 6. The van der Waals surface area contributed by atoms with Crippen LogP contribution in [0.1, 0.15) is 328 Å². The van der Waals surface area contributed by atoms with Gasteiger partial charge in [0.2, 0.25) is 5.91 Å². The third kappa shape index (κ3) is 50.4. The quantitative estimate of drug-likeness (QED) is 0.0195. The molecule has 1 fully saturated rings. The van der Waals surface area contributed by atoms with Crippen molar-refractivity contribution in [2.75, 3.05) is 19.8 Å². The lowest BCUT2D eigenvalue weighted by Crippen LogP contribution is -2.60. The van der Waals surface area contributed by atoms with Gasteiger partial charge in [-0.15, -0.1) is 0 Å². The van der Waals surface area contributed by atoms with E-state index >= 15 is 0 Å². The van der Waals surface area contributed by atoms with Crippen molar-refractivity contribution < 1.29 is 49.3 Å². The molecule has 11 heteroatoms. The van der Waals surface area contributed by atoms with Crippen LogP contribution in [-0.4, -0.2) is 100 Å². The summed E-state index contributed by atoms with van der Waals surface area (Å²) in [5.74, 6) is -0.193. The Morgan fingerprint density at radius 2 is 0.857 bits per heavy atom. The molecule has 1 rings (SSSR count). The highest BCUT2D eigenvalue weighted by Gasteiger charge is 2.44. The van der Waals surface area contributed by atoms with Crippen LogP contribution in [0.2, 0.25) is 0 Å². The van der Waals surface area contributed by atoms with Gasteiger partial charge in [-0.1, -0.05) is 292 Å². The van der Waals surface area contributed by atoms with Crippen LogP contribution in [-0.2, 0) is 23.8 Å². The van der Waals surface area contributed by atoms with Crippen LogP contribution in [0.25, 0.3) is 0 Å². The summed E-state index contributed by atoms with van der Waals surface area (Å²) in [5, 5.41) is 54.2. The lowest BCUT2D eigenvalue weighted by Gasteiger charge is -2.40. The van der Waals surface area contributed by atoms with Gasteiger partial charge < -0.3 is 45.1 Å². The van der Waals surface area contributed by atoms with Gasteiger partial charge in [-0.25, -0.2) is 0 Å². The largest absolute Gasteiger partial charge is 0.466 e. The van der Waals surface area contributed by atoms with Crippen molar-refractivity contribution in [2.45, 2.75) is 371 Å². The van der Waals surface area contributed by atoms with E-state index in [0.29, 0.717) is 19.4 Å². The molecule has 11 nitrogen and oxygen atoms in total. The first kappa shape index (κ1) is 79.4. The second kappa shape index (κ2) is 62.0. The van der Waals surface area contributed by atoms with Crippen molar-refractivity contribution in [2.24, 2.45) is 0 Å². The highest BCUT2D eigenvalue weighted by Crippen LogP contribution is 2.23. The predicted molar refractivity (Wildman–Crippen MR) is 352 cm³/mol. The predicted octanol–water partition coefficient (Wildman–Crippen LogP) is 18.1. The van der Waals surface area contributed by atoms with E-state index in [9.17, 15) is 35.1 Å². The Morgan fingerprint density at radius 1 is 0.464 bits per heavy atom. The number of carbonyl (C=O) groups excluding carboxylic acids is 2. The summed E-state index contributed by atoms with van der Waals surface area (Å²) >= 11 is 0. The Kier molecular flexibility index (Phi) is 58.6. The minimum absolute atomic E-state index is 0.00706. The first-order chi connectivity index (χ1) is 41.2. The molecular weight excluding hydrogens is 1050 g/mol. The van der Waals surface area contributed by atoms with Crippen LogP contribution < -0.4 is 5.32 Å². The molecule has 6 N–H and O–H groups in total. The minimum Gasteiger partial charge on any atom is -0.466 e. The molecule has 7 atom stereocenters. The van der Waals surface area contributed by atoms with E-state index in [1.54, 1.807) is 6.08 Å². The van der Waals surface area contributed by atoms with Gasteiger partial charge in [-0.3, -0.25) is 9.59 Å². The number of aliphatic hydroxyl groups excluding tert-OH is 5. The maximum Gasteiger partial charge on any atom is 0.305 e. The Labute approximate surface area is 516 Å². The molecule has 84 heavy (non-hydrogen) atoms. The summed E-state index contributed by atoms with van der Waals surface area (Å²) in [5.41, 5.74) is 0. The number of hydrogen-bond acceptors (Lipinski definition) is 10. The average molecular weight is 1180 g/mol. The fourth-order valence-corrected chi connectivity index (χ4v) is 11.1. The molecule has 1 amide bonds. The number of nitrogens with one attached hydrogen (secondary N) is 1. The molecule has 0 saturated carbocycles. The number of esters is 1. The Hall–Kier alpha value is -2.64. The highest BCUT2D eigenvalue weighted by atomic mass is 16.7. The third-order valence-electron chi connectivity index (χ3n) is 16.7. The zero-order chi connectivity index (χ0) is 60.9. The van der Waals surface area contributed by atoms with E-state index in [4.69, 9.17) is 14.2 Å². The standard InChI is InChI=1S/C73H133NO10/c1-3-5-7-9-11-13-14-15-16-17-32-35-38-41-45-49-53-57-61-69(78)82-62-58-54-50-46-42-39-36-33-30-28-26-24-22-20-18-19-21-23-25-27-29-31-34-37-40-44-48-52-56-60-68(77)74-65(66(76)59-55-51-47-43-12-10-8-6-4-2)64-83-73-72(81)71(80)70(79)67(63-75)84-73/h4,6,12,18,20,24,26,43,55,59,65-67,70-73,75-76,79-81H,3,5,7-11,13-17,19,21-23,25,27-42,44-54,56-58,60-64H2,1-2H3,(H,74,77)/b6-4+,20-18-,26-24-,43-12+,59-55+. The number of carbonyl (C=O) groups is 2. The van der Waals surface area contributed by atoms with Crippen LogP contribution in [0.3, 0.4) is 0 Å². The maximum absolute atomic E-state index is 13.0. The summed E-state index contributed by atoms with van der Waals surface area (Å²) in [7, 11) is 0. The minimum atomic E-state index is -1.58. The Morgan fingerprint density at radius 3 is 1.31 bits per heavy atom. The average Bonchev–Trinajstić information content (AvgIpc) is 3.59. The monoisotopic (exact) mass is 1180 g/mol. The molecule has 1 aliphatic rings. The van der Waals surface area contributed by atoms with Gasteiger partial charge in [-0.2, -0.15) is 0 Å². The molecule has 1 aliphatic heterocycles. The van der Waals surface area contributed by atoms with Crippen LogP contribution in [0.5, 0.6) is 0 Å². The lowest BCUT2D eigenvalue weighted by molar-refractivity contribution is -0.302. The summed E-state index contributed by atoms with van der Waals surface area (Å²) in [6.07, 6.45) is 72.6. The lowest BCUT2D eigenvalue weighted by atomic mass is 9.99. The fraction of sp³-hybridized carbons (Fsp3) is 0.836. The molecule has 0 aromatic carbocycles. The van der Waals surface area contributed by atoms with Gasteiger partial charge in [0.1, 0.15) is 24.4 Å². The van der Waals surface area contributed by atoms with E-state index in [0.717, 1.165) is 70.6 Å².